The molecule has 3 rings (SSSR count). The molecule has 0 aliphatic carbocycles. The first-order valence-corrected chi connectivity index (χ1v) is 6.55. The molecule has 0 saturated carbocycles. The molecule has 1 aromatic heterocycles. The van der Waals surface area contributed by atoms with Crippen molar-refractivity contribution in [3.63, 3.8) is 0 Å². The van der Waals surface area contributed by atoms with Gasteiger partial charge < -0.3 is 4.84 Å². The summed E-state index contributed by atoms with van der Waals surface area (Å²) in [6.45, 7) is 1.52. The number of carbonyl (C=O) groups excluding carboxylic acids is 1. The molecule has 0 radical (unpaired) electrons. The molecule has 0 aliphatic rings. The van der Waals surface area contributed by atoms with Gasteiger partial charge in [-0.3, -0.25) is 9.59 Å². The first-order valence-electron chi connectivity index (χ1n) is 6.55. The van der Waals surface area contributed by atoms with Crippen molar-refractivity contribution in [2.75, 3.05) is 0 Å². The smallest absolute Gasteiger partial charge is 0.189 e. The van der Waals surface area contributed by atoms with Crippen LogP contribution in [0.3, 0.4) is 0 Å². The predicted octanol–water partition coefficient (Wildman–Crippen LogP) is 3.05. The molecule has 4 heteroatoms. The number of fused-ring (bicyclic) bond motifs is 1. The van der Waals surface area contributed by atoms with Crippen LogP contribution in [0.25, 0.3) is 10.9 Å². The number of hydrogen-bond donors (Lipinski definition) is 0. The molecule has 0 spiro atoms. The SMILES string of the molecule is CC(=O)c1ccc(On2ccc(=O)c3ccccc32)cc1. The normalized spacial score (nSPS) is 10.5. The highest BCUT2D eigenvalue weighted by Gasteiger charge is 2.04. The fourth-order valence-corrected chi connectivity index (χ4v) is 2.12. The average molecular weight is 279 g/mol. The quantitative estimate of drug-likeness (QED) is 0.692. The second-order valence-corrected chi connectivity index (χ2v) is 4.69. The lowest BCUT2D eigenvalue weighted by atomic mass is 10.1. The lowest BCUT2D eigenvalue weighted by Gasteiger charge is -2.11. The Hall–Kier alpha value is -2.88. The Labute approximate surface area is 121 Å². The molecule has 1 heterocycles. The summed E-state index contributed by atoms with van der Waals surface area (Å²) in [5.74, 6) is 0.601. The van der Waals surface area contributed by atoms with E-state index in [1.807, 2.05) is 18.2 Å². The molecule has 3 aromatic rings. The average Bonchev–Trinajstić information content (AvgIpc) is 2.51. The van der Waals surface area contributed by atoms with E-state index in [2.05, 4.69) is 0 Å². The predicted molar refractivity (Wildman–Crippen MR) is 80.7 cm³/mol. The number of pyridine rings is 1. The van der Waals surface area contributed by atoms with Crippen molar-refractivity contribution >= 4 is 16.7 Å². The van der Waals surface area contributed by atoms with Gasteiger partial charge >= 0.3 is 0 Å². The van der Waals surface area contributed by atoms with Crippen molar-refractivity contribution in [3.8, 4) is 5.75 Å². The molecular formula is C17H13NO3. The van der Waals surface area contributed by atoms with E-state index in [1.165, 1.54) is 13.0 Å². The molecule has 0 fully saturated rings. The summed E-state index contributed by atoms with van der Waals surface area (Å²) in [6, 6.07) is 15.6. The van der Waals surface area contributed by atoms with Crippen LogP contribution in [-0.2, 0) is 0 Å². The Morgan fingerprint density at radius 3 is 2.43 bits per heavy atom. The molecule has 4 nitrogen and oxygen atoms in total. The summed E-state index contributed by atoms with van der Waals surface area (Å²) in [7, 11) is 0. The number of benzene rings is 2. The van der Waals surface area contributed by atoms with Gasteiger partial charge in [-0.2, -0.15) is 4.73 Å². The molecule has 104 valence electrons. The van der Waals surface area contributed by atoms with Gasteiger partial charge in [0.2, 0.25) is 0 Å². The molecule has 0 amide bonds. The summed E-state index contributed by atoms with van der Waals surface area (Å²) >= 11 is 0. The van der Waals surface area contributed by atoms with E-state index >= 15 is 0 Å². The van der Waals surface area contributed by atoms with Crippen molar-refractivity contribution in [1.82, 2.24) is 4.73 Å². The number of rotatable bonds is 3. The molecule has 0 saturated heterocycles. The van der Waals surface area contributed by atoms with Gasteiger partial charge in [0, 0.05) is 23.2 Å². The van der Waals surface area contributed by atoms with Crippen molar-refractivity contribution in [3.05, 3.63) is 76.6 Å². The van der Waals surface area contributed by atoms with Crippen LogP contribution in [0.5, 0.6) is 5.75 Å². The maximum atomic E-state index is 11.8. The van der Waals surface area contributed by atoms with Crippen LogP contribution < -0.4 is 10.3 Å². The van der Waals surface area contributed by atoms with E-state index in [1.54, 1.807) is 41.3 Å². The van der Waals surface area contributed by atoms with Gasteiger partial charge in [0.05, 0.1) is 5.52 Å². The Morgan fingerprint density at radius 1 is 1.00 bits per heavy atom. The zero-order valence-electron chi connectivity index (χ0n) is 11.4. The van der Waals surface area contributed by atoms with Gasteiger partial charge in [-0.25, -0.2) is 0 Å². The van der Waals surface area contributed by atoms with E-state index in [9.17, 15) is 9.59 Å². The zero-order chi connectivity index (χ0) is 14.8. The van der Waals surface area contributed by atoms with Gasteiger partial charge in [0.15, 0.2) is 17.0 Å². The number of aromatic nitrogens is 1. The Morgan fingerprint density at radius 2 is 1.71 bits per heavy atom. The van der Waals surface area contributed by atoms with Crippen molar-refractivity contribution in [2.45, 2.75) is 6.92 Å². The minimum absolute atomic E-state index is 0.00959. The number of carbonyl (C=O) groups is 1. The minimum atomic E-state index is -0.0441. The molecule has 0 N–H and O–H groups in total. The fraction of sp³-hybridized carbons (Fsp3) is 0.0588. The van der Waals surface area contributed by atoms with E-state index in [-0.39, 0.29) is 11.2 Å². The first-order chi connectivity index (χ1) is 10.1. The van der Waals surface area contributed by atoms with E-state index in [0.717, 1.165) is 0 Å². The zero-order valence-corrected chi connectivity index (χ0v) is 11.4. The number of hydrogen-bond acceptors (Lipinski definition) is 3. The highest BCUT2D eigenvalue weighted by molar-refractivity contribution is 5.94. The lowest BCUT2D eigenvalue weighted by Crippen LogP contribution is -2.11. The monoisotopic (exact) mass is 279 g/mol. The summed E-state index contributed by atoms with van der Waals surface area (Å²) in [6.07, 6.45) is 1.59. The van der Waals surface area contributed by atoms with Gasteiger partial charge in [-0.1, -0.05) is 12.1 Å². The second kappa shape index (κ2) is 5.25. The standard InChI is InChI=1S/C17H13NO3/c1-12(19)13-6-8-14(9-7-13)21-18-11-10-17(20)15-4-2-3-5-16(15)18/h2-11H,1H3. The van der Waals surface area contributed by atoms with Crippen LogP contribution in [0.1, 0.15) is 17.3 Å². The molecule has 0 aliphatic heterocycles. The number of ketones is 1. The van der Waals surface area contributed by atoms with Crippen LogP contribution in [0, 0.1) is 0 Å². The van der Waals surface area contributed by atoms with Crippen LogP contribution in [0.4, 0.5) is 0 Å². The Bertz CT molecular complexity index is 863. The Kier molecular flexibility index (Phi) is 3.28. The Balaban J connectivity index is 2.00. The first kappa shape index (κ1) is 13.1. The maximum absolute atomic E-state index is 11.8. The lowest BCUT2D eigenvalue weighted by molar-refractivity contribution is 0.101. The van der Waals surface area contributed by atoms with Crippen LogP contribution in [0.2, 0.25) is 0 Å². The molecule has 21 heavy (non-hydrogen) atoms. The topological polar surface area (TPSA) is 48.3 Å². The van der Waals surface area contributed by atoms with E-state index < -0.39 is 0 Å². The van der Waals surface area contributed by atoms with Gasteiger partial charge in [-0.15, -0.1) is 0 Å². The maximum Gasteiger partial charge on any atom is 0.189 e. The van der Waals surface area contributed by atoms with Crippen molar-refractivity contribution in [1.29, 1.82) is 0 Å². The minimum Gasteiger partial charge on any atom is -0.375 e. The highest BCUT2D eigenvalue weighted by Crippen LogP contribution is 2.16. The van der Waals surface area contributed by atoms with Gasteiger partial charge in [0.1, 0.15) is 0 Å². The third-order valence-electron chi connectivity index (χ3n) is 3.23. The summed E-state index contributed by atoms with van der Waals surface area (Å²) in [5.41, 5.74) is 1.28. The van der Waals surface area contributed by atoms with Crippen molar-refractivity contribution in [2.24, 2.45) is 0 Å². The number of nitrogens with zero attached hydrogens (tertiary/aromatic N) is 1. The van der Waals surface area contributed by atoms with Crippen molar-refractivity contribution < 1.29 is 9.63 Å². The largest absolute Gasteiger partial charge is 0.375 e. The van der Waals surface area contributed by atoms with Crippen LogP contribution in [-0.4, -0.2) is 10.5 Å². The molecule has 0 unspecified atom stereocenters. The third-order valence-corrected chi connectivity index (χ3v) is 3.23. The second-order valence-electron chi connectivity index (χ2n) is 4.69. The van der Waals surface area contributed by atoms with E-state index in [4.69, 9.17) is 4.84 Å². The summed E-state index contributed by atoms with van der Waals surface area (Å²) in [4.78, 5) is 28.8. The number of Topliss-reactive ketones (excluding diaryl/α,β-unsaturated/α-hetero) is 1. The van der Waals surface area contributed by atoms with E-state index in [0.29, 0.717) is 22.2 Å². The molecular weight excluding hydrogens is 266 g/mol. The third kappa shape index (κ3) is 2.56. The fourth-order valence-electron chi connectivity index (χ4n) is 2.12. The summed E-state index contributed by atoms with van der Waals surface area (Å²) < 4.78 is 1.54. The van der Waals surface area contributed by atoms with Crippen LogP contribution >= 0.6 is 0 Å². The molecule has 0 atom stereocenters. The highest BCUT2D eigenvalue weighted by atomic mass is 16.7. The van der Waals surface area contributed by atoms with Gasteiger partial charge in [-0.05, 0) is 43.3 Å². The number of para-hydroxylation sites is 1. The van der Waals surface area contributed by atoms with Gasteiger partial charge in [0.25, 0.3) is 0 Å². The van der Waals surface area contributed by atoms with Crippen LogP contribution in [0.15, 0.2) is 65.6 Å². The molecule has 0 bridgehead atoms. The summed E-state index contributed by atoms with van der Waals surface area (Å²) in [5, 5.41) is 0.598. The molecule has 2 aromatic carbocycles.